The summed E-state index contributed by atoms with van der Waals surface area (Å²) in [6.07, 6.45) is 0. The molecule has 1 aliphatic rings. The van der Waals surface area contributed by atoms with Crippen LogP contribution in [0.1, 0.15) is 18.5 Å². The van der Waals surface area contributed by atoms with Crippen molar-refractivity contribution in [1.82, 2.24) is 10.6 Å². The Kier molecular flexibility index (Phi) is 5.43. The second kappa shape index (κ2) is 7.73. The molecule has 1 fully saturated rings. The number of amides is 1. The molecule has 0 radical (unpaired) electrons. The van der Waals surface area contributed by atoms with Crippen molar-refractivity contribution >= 4 is 17.7 Å². The number of carbonyl (C=O) groups excluding carboxylic acids is 1. The van der Waals surface area contributed by atoms with Gasteiger partial charge in [0.05, 0.1) is 19.2 Å². The number of hydrogen-bond donors (Lipinski definition) is 2. The summed E-state index contributed by atoms with van der Waals surface area (Å²) in [5.74, 6) is 2.61. The van der Waals surface area contributed by atoms with Gasteiger partial charge in [0.15, 0.2) is 0 Å². The fourth-order valence-corrected chi connectivity index (χ4v) is 3.74. The Morgan fingerprint density at radius 3 is 2.67 bits per heavy atom. The molecular formula is C19H22N2O2S. The van der Waals surface area contributed by atoms with Crippen molar-refractivity contribution in [2.75, 3.05) is 18.7 Å². The predicted molar refractivity (Wildman–Crippen MR) is 99.2 cm³/mol. The molecule has 0 spiro atoms. The summed E-state index contributed by atoms with van der Waals surface area (Å²) in [5.41, 5.74) is 3.26. The molecule has 24 heavy (non-hydrogen) atoms. The smallest absolute Gasteiger partial charge is 0.238 e. The minimum absolute atomic E-state index is 0.0170. The number of thioether (sulfide) groups is 1. The van der Waals surface area contributed by atoms with Crippen molar-refractivity contribution in [2.45, 2.75) is 19.0 Å². The lowest BCUT2D eigenvalue weighted by molar-refractivity contribution is -0.123. The van der Waals surface area contributed by atoms with E-state index in [4.69, 9.17) is 4.74 Å². The Hall–Kier alpha value is -1.98. The third-order valence-corrected chi connectivity index (χ3v) is 5.16. The summed E-state index contributed by atoms with van der Waals surface area (Å²) >= 11 is 1.75. The zero-order valence-electron chi connectivity index (χ0n) is 13.9. The lowest BCUT2D eigenvalue weighted by Crippen LogP contribution is -2.42. The molecule has 126 valence electrons. The number of rotatable bonds is 5. The Morgan fingerprint density at radius 2 is 2.00 bits per heavy atom. The van der Waals surface area contributed by atoms with E-state index in [0.29, 0.717) is 0 Å². The van der Waals surface area contributed by atoms with Crippen LogP contribution in [0, 0.1) is 0 Å². The molecule has 2 atom stereocenters. The number of para-hydroxylation sites is 1. The molecule has 1 amide bonds. The first-order valence-corrected chi connectivity index (χ1v) is 9.19. The largest absolute Gasteiger partial charge is 0.496 e. The second-order valence-corrected chi connectivity index (χ2v) is 6.85. The summed E-state index contributed by atoms with van der Waals surface area (Å²) in [4.78, 5) is 12.2. The summed E-state index contributed by atoms with van der Waals surface area (Å²) in [7, 11) is 1.68. The first-order chi connectivity index (χ1) is 11.7. The molecule has 2 N–H and O–H groups in total. The normalized spacial score (nSPS) is 18.2. The first-order valence-electron chi connectivity index (χ1n) is 8.04. The predicted octanol–water partition coefficient (Wildman–Crippen LogP) is 3.20. The standard InChI is InChI=1S/C19H22N2O2S/c1-13(21-19(22)17-11-24-12-20-17)14-7-9-15(10-8-14)16-5-3-4-6-18(16)23-2/h3-10,13,17,20H,11-12H2,1-2H3,(H,21,22). The van der Waals surface area contributed by atoms with E-state index in [1.807, 2.05) is 31.2 Å². The molecule has 2 unspecified atom stereocenters. The Morgan fingerprint density at radius 1 is 1.25 bits per heavy atom. The number of carbonyl (C=O) groups is 1. The van der Waals surface area contributed by atoms with Crippen molar-refractivity contribution < 1.29 is 9.53 Å². The van der Waals surface area contributed by atoms with Gasteiger partial charge in [-0.2, -0.15) is 0 Å². The van der Waals surface area contributed by atoms with Gasteiger partial charge in [0, 0.05) is 17.2 Å². The Balaban J connectivity index is 1.70. The third kappa shape index (κ3) is 3.74. The van der Waals surface area contributed by atoms with Crippen LogP contribution < -0.4 is 15.4 Å². The summed E-state index contributed by atoms with van der Waals surface area (Å²) in [6.45, 7) is 2.01. The molecule has 0 saturated carbocycles. The molecule has 0 aromatic heterocycles. The average Bonchev–Trinajstić information content (AvgIpc) is 3.16. The molecule has 1 heterocycles. The fourth-order valence-electron chi connectivity index (χ4n) is 2.80. The highest BCUT2D eigenvalue weighted by atomic mass is 32.2. The van der Waals surface area contributed by atoms with Crippen LogP contribution in [0.25, 0.3) is 11.1 Å². The fraction of sp³-hybridized carbons (Fsp3) is 0.316. The highest BCUT2D eigenvalue weighted by Gasteiger charge is 2.23. The van der Waals surface area contributed by atoms with Crippen LogP contribution in [-0.4, -0.2) is 30.7 Å². The van der Waals surface area contributed by atoms with Crippen LogP contribution in [0.5, 0.6) is 5.75 Å². The minimum atomic E-state index is -0.0784. The highest BCUT2D eigenvalue weighted by molar-refractivity contribution is 7.99. The van der Waals surface area contributed by atoms with E-state index in [9.17, 15) is 4.79 Å². The number of nitrogens with one attached hydrogen (secondary N) is 2. The molecule has 0 bridgehead atoms. The van der Waals surface area contributed by atoms with Crippen LogP contribution in [0.2, 0.25) is 0 Å². The van der Waals surface area contributed by atoms with Crippen molar-refractivity contribution in [3.05, 3.63) is 54.1 Å². The number of ether oxygens (including phenoxy) is 1. The highest BCUT2D eigenvalue weighted by Crippen LogP contribution is 2.30. The van der Waals surface area contributed by atoms with Gasteiger partial charge in [-0.3, -0.25) is 10.1 Å². The van der Waals surface area contributed by atoms with Gasteiger partial charge in [0.25, 0.3) is 0 Å². The molecule has 4 nitrogen and oxygen atoms in total. The van der Waals surface area contributed by atoms with Gasteiger partial charge in [0.1, 0.15) is 5.75 Å². The van der Waals surface area contributed by atoms with E-state index in [0.717, 1.165) is 34.1 Å². The van der Waals surface area contributed by atoms with Crippen molar-refractivity contribution in [2.24, 2.45) is 0 Å². The van der Waals surface area contributed by atoms with E-state index in [1.54, 1.807) is 18.9 Å². The molecule has 5 heteroatoms. The van der Waals surface area contributed by atoms with Crippen LogP contribution in [-0.2, 0) is 4.79 Å². The molecule has 0 aliphatic carbocycles. The van der Waals surface area contributed by atoms with Crippen molar-refractivity contribution in [3.8, 4) is 16.9 Å². The van der Waals surface area contributed by atoms with Crippen molar-refractivity contribution in [1.29, 1.82) is 0 Å². The quantitative estimate of drug-likeness (QED) is 0.876. The molecule has 2 aromatic rings. The molecular weight excluding hydrogens is 320 g/mol. The average molecular weight is 342 g/mol. The maximum atomic E-state index is 12.2. The molecule has 2 aromatic carbocycles. The van der Waals surface area contributed by atoms with Crippen molar-refractivity contribution in [3.63, 3.8) is 0 Å². The van der Waals surface area contributed by atoms with Gasteiger partial charge >= 0.3 is 0 Å². The first kappa shape index (κ1) is 16.9. The zero-order chi connectivity index (χ0) is 16.9. The van der Waals surface area contributed by atoms with Gasteiger partial charge in [-0.15, -0.1) is 11.8 Å². The summed E-state index contributed by atoms with van der Waals surface area (Å²) in [6, 6.07) is 16.1. The lowest BCUT2D eigenvalue weighted by atomic mass is 10.0. The monoisotopic (exact) mass is 342 g/mol. The maximum absolute atomic E-state index is 12.2. The minimum Gasteiger partial charge on any atom is -0.496 e. The van der Waals surface area contributed by atoms with Gasteiger partial charge < -0.3 is 10.1 Å². The lowest BCUT2D eigenvalue weighted by Gasteiger charge is -2.18. The Labute approximate surface area is 147 Å². The van der Waals surface area contributed by atoms with Gasteiger partial charge in [-0.25, -0.2) is 0 Å². The topological polar surface area (TPSA) is 50.4 Å². The maximum Gasteiger partial charge on any atom is 0.238 e. The van der Waals surface area contributed by atoms with Crippen LogP contribution in [0.15, 0.2) is 48.5 Å². The molecule has 1 aliphatic heterocycles. The number of methoxy groups -OCH3 is 1. The van der Waals surface area contributed by atoms with E-state index in [1.165, 1.54) is 0 Å². The number of hydrogen-bond acceptors (Lipinski definition) is 4. The summed E-state index contributed by atoms with van der Waals surface area (Å²) < 4.78 is 5.42. The van der Waals surface area contributed by atoms with E-state index < -0.39 is 0 Å². The molecule has 3 rings (SSSR count). The third-order valence-electron chi connectivity index (χ3n) is 4.22. The van der Waals surface area contributed by atoms with Crippen LogP contribution >= 0.6 is 11.8 Å². The van der Waals surface area contributed by atoms with Crippen LogP contribution in [0.3, 0.4) is 0 Å². The van der Waals surface area contributed by atoms with Crippen LogP contribution in [0.4, 0.5) is 0 Å². The summed E-state index contributed by atoms with van der Waals surface area (Å²) in [5, 5.41) is 6.27. The molecule has 1 saturated heterocycles. The Bertz CT molecular complexity index is 697. The van der Waals surface area contributed by atoms with E-state index >= 15 is 0 Å². The van der Waals surface area contributed by atoms with E-state index in [-0.39, 0.29) is 18.0 Å². The zero-order valence-corrected chi connectivity index (χ0v) is 14.7. The second-order valence-electron chi connectivity index (χ2n) is 5.82. The SMILES string of the molecule is COc1ccccc1-c1ccc(C(C)NC(=O)C2CSCN2)cc1. The van der Waals surface area contributed by atoms with Gasteiger partial charge in [0.2, 0.25) is 5.91 Å². The van der Waals surface area contributed by atoms with Gasteiger partial charge in [-0.1, -0.05) is 42.5 Å². The number of benzene rings is 2. The van der Waals surface area contributed by atoms with E-state index in [2.05, 4.69) is 34.9 Å². The van der Waals surface area contributed by atoms with Gasteiger partial charge in [-0.05, 0) is 24.1 Å².